The van der Waals surface area contributed by atoms with E-state index in [-0.39, 0.29) is 0 Å². The van der Waals surface area contributed by atoms with Crippen LogP contribution in [0.5, 0.6) is 0 Å². The van der Waals surface area contributed by atoms with Gasteiger partial charge in [0.1, 0.15) is 0 Å². The first-order chi connectivity index (χ1) is 9.34. The summed E-state index contributed by atoms with van der Waals surface area (Å²) in [5.41, 5.74) is 1.51. The fourth-order valence-corrected chi connectivity index (χ4v) is 4.36. The number of likely N-dealkylation sites (tertiary alicyclic amines) is 1. The maximum Gasteiger partial charge on any atom is 0.0339 e. The number of rotatable bonds is 3. The van der Waals surface area contributed by atoms with Crippen molar-refractivity contribution < 1.29 is 0 Å². The number of nitrogens with one attached hydrogen (secondary N) is 1. The second kappa shape index (κ2) is 6.29. The van der Waals surface area contributed by atoms with E-state index in [0.29, 0.717) is 6.04 Å². The molecule has 1 aromatic rings. The van der Waals surface area contributed by atoms with E-state index in [2.05, 4.69) is 41.5 Å². The molecule has 0 saturated carbocycles. The molecule has 2 nitrogen and oxygen atoms in total. The Morgan fingerprint density at radius 2 is 2.16 bits per heavy atom. The predicted octanol–water partition coefficient (Wildman–Crippen LogP) is 3.30. The number of piperidine rings is 1. The molecule has 0 aromatic heterocycles. The highest BCUT2D eigenvalue weighted by Gasteiger charge is 2.23. The Labute approximate surface area is 121 Å². The van der Waals surface area contributed by atoms with Crippen molar-refractivity contribution in [3.63, 3.8) is 0 Å². The smallest absolute Gasteiger partial charge is 0.0339 e. The van der Waals surface area contributed by atoms with E-state index in [0.717, 1.165) is 12.6 Å². The lowest BCUT2D eigenvalue weighted by Crippen LogP contribution is -2.44. The van der Waals surface area contributed by atoms with Gasteiger partial charge in [0.15, 0.2) is 0 Å². The largest absolute Gasteiger partial charge is 0.308 e. The van der Waals surface area contributed by atoms with Gasteiger partial charge in [-0.25, -0.2) is 0 Å². The molecule has 0 amide bonds. The Kier molecular flexibility index (Phi) is 4.46. The van der Waals surface area contributed by atoms with E-state index in [4.69, 9.17) is 0 Å². The minimum absolute atomic E-state index is 0.563. The Bertz CT molecular complexity index is 421. The van der Waals surface area contributed by atoms with Gasteiger partial charge in [-0.05, 0) is 50.2 Å². The summed E-state index contributed by atoms with van der Waals surface area (Å²) in [5, 5.41) is 3.82. The van der Waals surface area contributed by atoms with Gasteiger partial charge in [-0.3, -0.25) is 0 Å². The van der Waals surface area contributed by atoms with E-state index in [9.17, 15) is 0 Å². The van der Waals surface area contributed by atoms with Crippen molar-refractivity contribution in [2.75, 3.05) is 25.9 Å². The van der Waals surface area contributed by atoms with Crippen LogP contribution in [0.2, 0.25) is 0 Å². The van der Waals surface area contributed by atoms with Gasteiger partial charge in [0, 0.05) is 23.5 Å². The highest BCUT2D eigenvalue weighted by molar-refractivity contribution is 7.99. The summed E-state index contributed by atoms with van der Waals surface area (Å²) in [6.45, 7) is 2.41. The first-order valence-corrected chi connectivity index (χ1v) is 8.48. The van der Waals surface area contributed by atoms with E-state index in [1.165, 1.54) is 48.4 Å². The third-order valence-corrected chi connectivity index (χ3v) is 5.60. The standard InChI is InChI=1S/C16H24N2S/c1-18-10-5-4-6-13(18)12-17-15-9-11-19-16-8-3-2-7-14(15)16/h2-3,7-8,13,15,17H,4-6,9-12H2,1H3. The molecule has 19 heavy (non-hydrogen) atoms. The molecule has 2 aliphatic rings. The van der Waals surface area contributed by atoms with Gasteiger partial charge in [-0.2, -0.15) is 0 Å². The second-order valence-electron chi connectivity index (χ2n) is 5.77. The maximum atomic E-state index is 3.82. The Balaban J connectivity index is 1.61. The van der Waals surface area contributed by atoms with E-state index >= 15 is 0 Å². The summed E-state index contributed by atoms with van der Waals surface area (Å²) in [7, 11) is 2.27. The summed E-state index contributed by atoms with van der Waals surface area (Å²) in [4.78, 5) is 4.00. The van der Waals surface area contributed by atoms with Crippen LogP contribution >= 0.6 is 11.8 Å². The van der Waals surface area contributed by atoms with Gasteiger partial charge in [0.2, 0.25) is 0 Å². The summed E-state index contributed by atoms with van der Waals surface area (Å²) in [6.07, 6.45) is 5.38. The molecular formula is C16H24N2S. The summed E-state index contributed by atoms with van der Waals surface area (Å²) < 4.78 is 0. The molecule has 3 rings (SSSR count). The first kappa shape index (κ1) is 13.5. The topological polar surface area (TPSA) is 15.3 Å². The van der Waals surface area contributed by atoms with Crippen molar-refractivity contribution >= 4 is 11.8 Å². The molecule has 2 aliphatic heterocycles. The molecule has 0 bridgehead atoms. The second-order valence-corrected chi connectivity index (χ2v) is 6.90. The van der Waals surface area contributed by atoms with E-state index in [1.54, 1.807) is 0 Å². The molecule has 1 aromatic carbocycles. The summed E-state index contributed by atoms with van der Waals surface area (Å²) in [6, 6.07) is 10.2. The zero-order valence-electron chi connectivity index (χ0n) is 11.8. The highest BCUT2D eigenvalue weighted by Crippen LogP contribution is 2.35. The number of hydrogen-bond acceptors (Lipinski definition) is 3. The zero-order chi connectivity index (χ0) is 13.1. The van der Waals surface area contributed by atoms with Crippen molar-refractivity contribution in [2.45, 2.75) is 42.7 Å². The molecule has 1 fully saturated rings. The first-order valence-electron chi connectivity index (χ1n) is 7.50. The average Bonchev–Trinajstić information content (AvgIpc) is 2.46. The molecule has 3 heteroatoms. The van der Waals surface area contributed by atoms with Crippen molar-refractivity contribution in [3.05, 3.63) is 29.8 Å². The molecule has 0 aliphatic carbocycles. The lowest BCUT2D eigenvalue weighted by atomic mass is 10.0. The molecule has 2 heterocycles. The van der Waals surface area contributed by atoms with E-state index < -0.39 is 0 Å². The molecule has 104 valence electrons. The third-order valence-electron chi connectivity index (χ3n) is 4.48. The lowest BCUT2D eigenvalue weighted by molar-refractivity contribution is 0.177. The molecular weight excluding hydrogens is 252 g/mol. The number of thioether (sulfide) groups is 1. The SMILES string of the molecule is CN1CCCCC1CNC1CCSc2ccccc21. The quantitative estimate of drug-likeness (QED) is 0.912. The van der Waals surface area contributed by atoms with Gasteiger partial charge in [-0.1, -0.05) is 24.6 Å². The van der Waals surface area contributed by atoms with Gasteiger partial charge in [0.25, 0.3) is 0 Å². The monoisotopic (exact) mass is 276 g/mol. The summed E-state index contributed by atoms with van der Waals surface area (Å²) >= 11 is 2.00. The molecule has 0 radical (unpaired) electrons. The van der Waals surface area contributed by atoms with Crippen LogP contribution in [-0.2, 0) is 0 Å². The lowest BCUT2D eigenvalue weighted by Gasteiger charge is -2.35. The van der Waals surface area contributed by atoms with Crippen molar-refractivity contribution in [3.8, 4) is 0 Å². The molecule has 1 saturated heterocycles. The summed E-state index contributed by atoms with van der Waals surface area (Å²) in [5.74, 6) is 1.25. The van der Waals surface area contributed by atoms with Gasteiger partial charge < -0.3 is 10.2 Å². The average molecular weight is 276 g/mol. The van der Waals surface area contributed by atoms with E-state index in [1.807, 2.05) is 11.8 Å². The number of benzene rings is 1. The van der Waals surface area contributed by atoms with Crippen LogP contribution in [0.25, 0.3) is 0 Å². The normalized spacial score (nSPS) is 28.1. The zero-order valence-corrected chi connectivity index (χ0v) is 12.6. The van der Waals surface area contributed by atoms with Crippen molar-refractivity contribution in [1.82, 2.24) is 10.2 Å². The van der Waals surface area contributed by atoms with Gasteiger partial charge in [0.05, 0.1) is 0 Å². The van der Waals surface area contributed by atoms with Gasteiger partial charge in [-0.15, -0.1) is 11.8 Å². The van der Waals surface area contributed by atoms with Crippen LogP contribution in [-0.4, -0.2) is 36.8 Å². The Hall–Kier alpha value is -0.510. The fraction of sp³-hybridized carbons (Fsp3) is 0.625. The van der Waals surface area contributed by atoms with Crippen LogP contribution in [0.1, 0.15) is 37.3 Å². The number of hydrogen-bond donors (Lipinski definition) is 1. The van der Waals surface area contributed by atoms with Gasteiger partial charge >= 0.3 is 0 Å². The van der Waals surface area contributed by atoms with Crippen LogP contribution < -0.4 is 5.32 Å². The minimum Gasteiger partial charge on any atom is -0.308 e. The van der Waals surface area contributed by atoms with Crippen molar-refractivity contribution in [2.24, 2.45) is 0 Å². The van der Waals surface area contributed by atoms with Crippen LogP contribution in [0.4, 0.5) is 0 Å². The molecule has 1 N–H and O–H groups in total. The molecule has 0 spiro atoms. The maximum absolute atomic E-state index is 3.82. The third kappa shape index (κ3) is 3.15. The number of nitrogens with zero attached hydrogens (tertiary/aromatic N) is 1. The number of fused-ring (bicyclic) bond motifs is 1. The van der Waals surface area contributed by atoms with Crippen molar-refractivity contribution in [1.29, 1.82) is 0 Å². The van der Waals surface area contributed by atoms with Crippen LogP contribution in [0.3, 0.4) is 0 Å². The molecule has 2 unspecified atom stereocenters. The molecule has 2 atom stereocenters. The fourth-order valence-electron chi connectivity index (χ4n) is 3.23. The Morgan fingerprint density at radius 3 is 3.05 bits per heavy atom. The Morgan fingerprint density at radius 1 is 1.26 bits per heavy atom. The van der Waals surface area contributed by atoms with Crippen LogP contribution in [0, 0.1) is 0 Å². The number of likely N-dealkylation sites (N-methyl/N-ethyl adjacent to an activating group) is 1. The van der Waals surface area contributed by atoms with Crippen LogP contribution in [0.15, 0.2) is 29.2 Å². The highest BCUT2D eigenvalue weighted by atomic mass is 32.2. The minimum atomic E-state index is 0.563. The predicted molar refractivity (Wildman–Crippen MR) is 82.8 cm³/mol.